The molecule has 0 unspecified atom stereocenters. The number of halogens is 3. The van der Waals surface area contributed by atoms with E-state index in [1.165, 1.54) is 10.9 Å². The highest BCUT2D eigenvalue weighted by Gasteiger charge is 2.33. The predicted octanol–water partition coefficient (Wildman–Crippen LogP) is 1.89. The van der Waals surface area contributed by atoms with Crippen LogP contribution in [0.15, 0.2) is 12.3 Å². The van der Waals surface area contributed by atoms with Crippen LogP contribution in [-0.2, 0) is 12.7 Å². The summed E-state index contributed by atoms with van der Waals surface area (Å²) in [6.07, 6.45) is -3.06. The van der Waals surface area contributed by atoms with Crippen LogP contribution in [0, 0.1) is 5.41 Å². The average Bonchev–Trinajstić information content (AvgIpc) is 2.51. The van der Waals surface area contributed by atoms with Crippen LogP contribution >= 0.6 is 0 Å². The van der Waals surface area contributed by atoms with Gasteiger partial charge in [-0.15, -0.1) is 0 Å². The molecule has 0 aliphatic heterocycles. The molecule has 0 aliphatic carbocycles. The summed E-state index contributed by atoms with van der Waals surface area (Å²) in [6, 6.07) is 0.965. The zero-order valence-corrected chi connectivity index (χ0v) is 8.67. The van der Waals surface area contributed by atoms with Gasteiger partial charge in [0, 0.05) is 12.7 Å². The maximum absolute atomic E-state index is 12.2. The molecule has 1 aromatic rings. The molecule has 2 N–H and O–H groups in total. The summed E-state index contributed by atoms with van der Waals surface area (Å²) < 4.78 is 37.9. The first-order valence-corrected chi connectivity index (χ1v) is 4.55. The van der Waals surface area contributed by atoms with Crippen molar-refractivity contribution in [1.29, 1.82) is 0 Å². The van der Waals surface area contributed by atoms with Gasteiger partial charge < -0.3 is 5.73 Å². The molecule has 1 aromatic heterocycles. The van der Waals surface area contributed by atoms with Crippen LogP contribution in [-0.4, -0.2) is 16.3 Å². The summed E-state index contributed by atoms with van der Waals surface area (Å²) in [5.74, 6) is 0. The van der Waals surface area contributed by atoms with Gasteiger partial charge >= 0.3 is 6.18 Å². The van der Waals surface area contributed by atoms with Crippen molar-refractivity contribution in [2.24, 2.45) is 11.1 Å². The largest absolute Gasteiger partial charge is 0.435 e. The third kappa shape index (κ3) is 3.23. The molecule has 1 rings (SSSR count). The minimum atomic E-state index is -4.38. The fourth-order valence-electron chi connectivity index (χ4n) is 1.10. The molecule has 0 radical (unpaired) electrons. The molecule has 15 heavy (non-hydrogen) atoms. The lowest BCUT2D eigenvalue weighted by Crippen LogP contribution is -2.29. The van der Waals surface area contributed by atoms with Crippen molar-refractivity contribution in [2.45, 2.75) is 26.6 Å². The molecular formula is C9H14F3N3. The van der Waals surface area contributed by atoms with Crippen molar-refractivity contribution in [3.05, 3.63) is 18.0 Å². The SMILES string of the molecule is CC(C)(CN)Cn1ccc(C(F)(F)F)n1. The molecule has 0 bridgehead atoms. The number of nitrogens with zero attached hydrogens (tertiary/aromatic N) is 2. The second-order valence-electron chi connectivity index (χ2n) is 4.26. The Morgan fingerprint density at radius 2 is 2.00 bits per heavy atom. The van der Waals surface area contributed by atoms with Gasteiger partial charge in [0.2, 0.25) is 0 Å². The Balaban J connectivity index is 2.78. The van der Waals surface area contributed by atoms with E-state index in [-0.39, 0.29) is 5.41 Å². The first kappa shape index (κ1) is 12.0. The maximum atomic E-state index is 12.2. The zero-order valence-electron chi connectivity index (χ0n) is 8.67. The lowest BCUT2D eigenvalue weighted by atomic mass is 9.94. The minimum absolute atomic E-state index is 0.255. The highest BCUT2D eigenvalue weighted by Crippen LogP contribution is 2.27. The Kier molecular flexibility index (Phi) is 3.08. The van der Waals surface area contributed by atoms with E-state index < -0.39 is 11.9 Å². The van der Waals surface area contributed by atoms with Gasteiger partial charge in [-0.05, 0) is 18.0 Å². The normalized spacial score (nSPS) is 13.2. The summed E-state index contributed by atoms with van der Waals surface area (Å²) >= 11 is 0. The summed E-state index contributed by atoms with van der Waals surface area (Å²) in [7, 11) is 0. The Morgan fingerprint density at radius 3 is 2.40 bits per heavy atom. The highest BCUT2D eigenvalue weighted by molar-refractivity contribution is 5.03. The molecule has 0 aliphatic rings. The third-order valence-corrected chi connectivity index (χ3v) is 2.07. The summed E-state index contributed by atoms with van der Waals surface area (Å²) in [5, 5.41) is 3.45. The molecular weight excluding hydrogens is 207 g/mol. The number of aromatic nitrogens is 2. The quantitative estimate of drug-likeness (QED) is 0.847. The lowest BCUT2D eigenvalue weighted by Gasteiger charge is -2.21. The van der Waals surface area contributed by atoms with Crippen molar-refractivity contribution < 1.29 is 13.2 Å². The van der Waals surface area contributed by atoms with Crippen molar-refractivity contribution in [3.63, 3.8) is 0 Å². The molecule has 0 aromatic carbocycles. The molecule has 3 nitrogen and oxygen atoms in total. The Bertz CT molecular complexity index is 328. The topological polar surface area (TPSA) is 43.8 Å². The van der Waals surface area contributed by atoms with E-state index in [4.69, 9.17) is 5.73 Å². The Morgan fingerprint density at radius 1 is 1.40 bits per heavy atom. The molecule has 1 heterocycles. The number of alkyl halides is 3. The van der Waals surface area contributed by atoms with E-state index in [0.717, 1.165) is 6.07 Å². The summed E-state index contributed by atoms with van der Waals surface area (Å²) in [4.78, 5) is 0. The molecule has 0 saturated carbocycles. The minimum Gasteiger partial charge on any atom is -0.330 e. The number of hydrogen-bond donors (Lipinski definition) is 1. The second-order valence-corrected chi connectivity index (χ2v) is 4.26. The highest BCUT2D eigenvalue weighted by atomic mass is 19.4. The molecule has 0 amide bonds. The standard InChI is InChI=1S/C9H14F3N3/c1-8(2,5-13)6-15-4-3-7(14-15)9(10,11)12/h3-4H,5-6,13H2,1-2H3. The maximum Gasteiger partial charge on any atom is 0.435 e. The number of nitrogens with two attached hydrogens (primary N) is 1. The van der Waals surface area contributed by atoms with Crippen LogP contribution in [0.1, 0.15) is 19.5 Å². The molecule has 86 valence electrons. The monoisotopic (exact) mass is 221 g/mol. The van der Waals surface area contributed by atoms with E-state index in [9.17, 15) is 13.2 Å². The van der Waals surface area contributed by atoms with E-state index in [1.807, 2.05) is 13.8 Å². The van der Waals surface area contributed by atoms with Gasteiger partial charge in [-0.25, -0.2) is 0 Å². The van der Waals surface area contributed by atoms with Gasteiger partial charge in [0.1, 0.15) is 0 Å². The first-order valence-electron chi connectivity index (χ1n) is 4.55. The van der Waals surface area contributed by atoms with Crippen molar-refractivity contribution in [1.82, 2.24) is 9.78 Å². The fraction of sp³-hybridized carbons (Fsp3) is 0.667. The summed E-state index contributed by atoms with van der Waals surface area (Å²) in [6.45, 7) is 4.53. The van der Waals surface area contributed by atoms with Crippen molar-refractivity contribution in [2.75, 3.05) is 6.54 Å². The van der Waals surface area contributed by atoms with Gasteiger partial charge in [0.05, 0.1) is 0 Å². The van der Waals surface area contributed by atoms with Gasteiger partial charge in [-0.1, -0.05) is 13.8 Å². The predicted molar refractivity (Wildman–Crippen MR) is 50.1 cm³/mol. The fourth-order valence-corrected chi connectivity index (χ4v) is 1.10. The number of rotatable bonds is 3. The third-order valence-electron chi connectivity index (χ3n) is 2.07. The Labute approximate surface area is 86.1 Å². The van der Waals surface area contributed by atoms with E-state index in [1.54, 1.807) is 0 Å². The molecule has 0 fully saturated rings. The molecule has 0 spiro atoms. The zero-order chi connectivity index (χ0) is 11.7. The van der Waals surface area contributed by atoms with Crippen molar-refractivity contribution in [3.8, 4) is 0 Å². The van der Waals surface area contributed by atoms with Crippen molar-refractivity contribution >= 4 is 0 Å². The van der Waals surface area contributed by atoms with Gasteiger partial charge in [-0.3, -0.25) is 4.68 Å². The van der Waals surface area contributed by atoms with Gasteiger partial charge in [-0.2, -0.15) is 18.3 Å². The smallest absolute Gasteiger partial charge is 0.330 e. The first-order chi connectivity index (χ1) is 6.74. The van der Waals surface area contributed by atoms with Gasteiger partial charge in [0.25, 0.3) is 0 Å². The van der Waals surface area contributed by atoms with E-state index in [2.05, 4.69) is 5.10 Å². The molecule has 6 heteroatoms. The van der Waals surface area contributed by atoms with Crippen LogP contribution in [0.4, 0.5) is 13.2 Å². The molecule has 0 saturated heterocycles. The second kappa shape index (κ2) is 3.84. The van der Waals surface area contributed by atoms with E-state index >= 15 is 0 Å². The van der Waals surface area contributed by atoms with E-state index in [0.29, 0.717) is 13.1 Å². The van der Waals surface area contributed by atoms with Crippen LogP contribution < -0.4 is 5.73 Å². The van der Waals surface area contributed by atoms with Crippen LogP contribution in [0.5, 0.6) is 0 Å². The average molecular weight is 221 g/mol. The Hall–Kier alpha value is -1.04. The van der Waals surface area contributed by atoms with Gasteiger partial charge in [0.15, 0.2) is 5.69 Å². The summed E-state index contributed by atoms with van der Waals surface area (Å²) in [5.41, 5.74) is 4.36. The molecule has 0 atom stereocenters. The van der Waals surface area contributed by atoms with Crippen LogP contribution in [0.25, 0.3) is 0 Å². The lowest BCUT2D eigenvalue weighted by molar-refractivity contribution is -0.141. The van der Waals surface area contributed by atoms with Crippen LogP contribution in [0.2, 0.25) is 0 Å². The number of hydrogen-bond acceptors (Lipinski definition) is 2. The van der Waals surface area contributed by atoms with Crippen LogP contribution in [0.3, 0.4) is 0 Å².